The van der Waals surface area contributed by atoms with Gasteiger partial charge in [0.2, 0.25) is 5.91 Å². The Kier molecular flexibility index (Phi) is 7.84. The van der Waals surface area contributed by atoms with Crippen molar-refractivity contribution < 1.29 is 18.7 Å². The number of benzene rings is 1. The lowest BCUT2D eigenvalue weighted by molar-refractivity contribution is -0.135. The van der Waals surface area contributed by atoms with Crippen LogP contribution in [0.15, 0.2) is 43.0 Å². The zero-order chi connectivity index (χ0) is 23.1. The standard InChI is InChI=1S/C23H32FN5O3/c1-23(2,3)32-22(31)29-14-10-26-20(16-29)21(30)28(12-4-11-27-13-9-25-17-27)15-18-5-7-19(24)8-6-18/h5-9,13,17,20,26H,4,10-12,14-16H2,1-3H3/t20-/m1/s1. The van der Waals surface area contributed by atoms with E-state index in [0.717, 1.165) is 18.5 Å². The maximum absolute atomic E-state index is 13.4. The van der Waals surface area contributed by atoms with E-state index in [-0.39, 0.29) is 18.3 Å². The van der Waals surface area contributed by atoms with Crippen LogP contribution >= 0.6 is 0 Å². The summed E-state index contributed by atoms with van der Waals surface area (Å²) < 4.78 is 20.8. The number of hydrogen-bond donors (Lipinski definition) is 1. The minimum atomic E-state index is -0.594. The molecule has 0 saturated carbocycles. The number of rotatable bonds is 7. The van der Waals surface area contributed by atoms with Crippen molar-refractivity contribution >= 4 is 12.0 Å². The van der Waals surface area contributed by atoms with E-state index in [4.69, 9.17) is 4.74 Å². The molecule has 1 N–H and O–H groups in total. The Bertz CT molecular complexity index is 880. The van der Waals surface area contributed by atoms with Crippen LogP contribution in [0.3, 0.4) is 0 Å². The van der Waals surface area contributed by atoms with Crippen molar-refractivity contribution in [1.82, 2.24) is 24.7 Å². The molecule has 0 bridgehead atoms. The van der Waals surface area contributed by atoms with Crippen molar-refractivity contribution in [3.8, 4) is 0 Å². The highest BCUT2D eigenvalue weighted by Gasteiger charge is 2.33. The Morgan fingerprint density at radius 2 is 2.03 bits per heavy atom. The van der Waals surface area contributed by atoms with Gasteiger partial charge in [-0.05, 0) is 44.9 Å². The molecule has 1 aliphatic heterocycles. The molecule has 1 aromatic heterocycles. The van der Waals surface area contributed by atoms with Gasteiger partial charge in [0.15, 0.2) is 0 Å². The first-order valence-corrected chi connectivity index (χ1v) is 10.9. The number of nitrogens with zero attached hydrogens (tertiary/aromatic N) is 4. The lowest BCUT2D eigenvalue weighted by Gasteiger charge is -2.36. The molecule has 32 heavy (non-hydrogen) atoms. The number of ether oxygens (including phenoxy) is 1. The number of aryl methyl sites for hydroxylation is 1. The first-order chi connectivity index (χ1) is 15.2. The second-order valence-electron chi connectivity index (χ2n) is 8.97. The number of piperazine rings is 1. The maximum atomic E-state index is 13.4. The van der Waals surface area contributed by atoms with E-state index in [2.05, 4.69) is 10.3 Å². The summed E-state index contributed by atoms with van der Waals surface area (Å²) >= 11 is 0. The maximum Gasteiger partial charge on any atom is 0.410 e. The lowest BCUT2D eigenvalue weighted by Crippen LogP contribution is -2.59. The van der Waals surface area contributed by atoms with Gasteiger partial charge in [-0.15, -0.1) is 0 Å². The van der Waals surface area contributed by atoms with Crippen molar-refractivity contribution in [2.75, 3.05) is 26.2 Å². The normalized spacial score (nSPS) is 16.6. The molecular weight excluding hydrogens is 413 g/mol. The number of hydrogen-bond acceptors (Lipinski definition) is 5. The Hall–Kier alpha value is -2.94. The second kappa shape index (κ2) is 10.6. The molecule has 9 heteroatoms. The van der Waals surface area contributed by atoms with Crippen LogP contribution in [0.25, 0.3) is 0 Å². The Labute approximate surface area is 188 Å². The van der Waals surface area contributed by atoms with E-state index in [1.54, 1.807) is 34.5 Å². The van der Waals surface area contributed by atoms with Crippen LogP contribution < -0.4 is 5.32 Å². The highest BCUT2D eigenvalue weighted by Crippen LogP contribution is 2.14. The molecule has 0 unspecified atom stereocenters. The van der Waals surface area contributed by atoms with E-state index in [1.807, 2.05) is 31.5 Å². The van der Waals surface area contributed by atoms with Gasteiger partial charge in [0.25, 0.3) is 0 Å². The summed E-state index contributed by atoms with van der Waals surface area (Å²) in [4.78, 5) is 33.3. The van der Waals surface area contributed by atoms with Crippen LogP contribution in [0.5, 0.6) is 0 Å². The zero-order valence-corrected chi connectivity index (χ0v) is 19.0. The van der Waals surface area contributed by atoms with Gasteiger partial charge in [-0.25, -0.2) is 14.2 Å². The van der Waals surface area contributed by atoms with Crippen molar-refractivity contribution in [3.05, 3.63) is 54.4 Å². The molecule has 174 valence electrons. The third-order valence-corrected chi connectivity index (χ3v) is 5.13. The summed E-state index contributed by atoms with van der Waals surface area (Å²) in [5.41, 5.74) is 0.255. The van der Waals surface area contributed by atoms with Crippen molar-refractivity contribution in [1.29, 1.82) is 0 Å². The van der Waals surface area contributed by atoms with Crippen LogP contribution in [0, 0.1) is 5.82 Å². The molecular formula is C23H32FN5O3. The molecule has 2 amide bonds. The fourth-order valence-corrected chi connectivity index (χ4v) is 3.57. The van der Waals surface area contributed by atoms with E-state index in [9.17, 15) is 14.0 Å². The fourth-order valence-electron chi connectivity index (χ4n) is 3.57. The summed E-state index contributed by atoms with van der Waals surface area (Å²) in [5.74, 6) is -0.401. The van der Waals surface area contributed by atoms with Gasteiger partial charge in [0, 0.05) is 51.7 Å². The van der Waals surface area contributed by atoms with Gasteiger partial charge >= 0.3 is 6.09 Å². The fraction of sp³-hybridized carbons (Fsp3) is 0.522. The largest absolute Gasteiger partial charge is 0.444 e. The van der Waals surface area contributed by atoms with E-state index >= 15 is 0 Å². The van der Waals surface area contributed by atoms with Crippen LogP contribution in [0.2, 0.25) is 0 Å². The molecule has 3 rings (SSSR count). The number of amides is 2. The minimum Gasteiger partial charge on any atom is -0.444 e. The number of carbonyl (C=O) groups is 2. The predicted molar refractivity (Wildman–Crippen MR) is 118 cm³/mol. The second-order valence-corrected chi connectivity index (χ2v) is 8.97. The van der Waals surface area contributed by atoms with Crippen molar-refractivity contribution in [2.45, 2.75) is 51.9 Å². The van der Waals surface area contributed by atoms with E-state index < -0.39 is 17.7 Å². The summed E-state index contributed by atoms with van der Waals surface area (Å²) in [5, 5.41) is 3.23. The molecule has 8 nitrogen and oxygen atoms in total. The van der Waals surface area contributed by atoms with Gasteiger partial charge in [0.1, 0.15) is 17.5 Å². The summed E-state index contributed by atoms with van der Waals surface area (Å²) in [6.07, 6.45) is 5.67. The summed E-state index contributed by atoms with van der Waals surface area (Å²) in [6.45, 7) is 8.32. The molecule has 1 atom stereocenters. The van der Waals surface area contributed by atoms with Crippen molar-refractivity contribution in [3.63, 3.8) is 0 Å². The van der Waals surface area contributed by atoms with Gasteiger partial charge < -0.3 is 24.4 Å². The van der Waals surface area contributed by atoms with Crippen LogP contribution in [0.1, 0.15) is 32.8 Å². The molecule has 1 saturated heterocycles. The Morgan fingerprint density at radius 1 is 1.28 bits per heavy atom. The van der Waals surface area contributed by atoms with Gasteiger partial charge in [-0.1, -0.05) is 12.1 Å². The molecule has 1 aromatic carbocycles. The highest BCUT2D eigenvalue weighted by atomic mass is 19.1. The van der Waals surface area contributed by atoms with Gasteiger partial charge in [-0.2, -0.15) is 0 Å². The molecule has 2 heterocycles. The van der Waals surface area contributed by atoms with E-state index in [0.29, 0.717) is 26.2 Å². The monoisotopic (exact) mass is 445 g/mol. The topological polar surface area (TPSA) is 79.7 Å². The SMILES string of the molecule is CC(C)(C)OC(=O)N1CCN[C@@H](C(=O)N(CCCn2ccnc2)Cc2ccc(F)cc2)C1. The zero-order valence-electron chi connectivity index (χ0n) is 19.0. The van der Waals surface area contributed by atoms with Crippen molar-refractivity contribution in [2.24, 2.45) is 0 Å². The molecule has 0 aliphatic carbocycles. The Balaban J connectivity index is 1.66. The Morgan fingerprint density at radius 3 is 2.69 bits per heavy atom. The van der Waals surface area contributed by atoms with Gasteiger partial charge in [-0.3, -0.25) is 4.79 Å². The highest BCUT2D eigenvalue weighted by molar-refractivity contribution is 5.83. The number of aromatic nitrogens is 2. The summed E-state index contributed by atoms with van der Waals surface area (Å²) in [7, 11) is 0. The van der Waals surface area contributed by atoms with Gasteiger partial charge in [0.05, 0.1) is 6.33 Å². The summed E-state index contributed by atoms with van der Waals surface area (Å²) in [6, 6.07) is 5.64. The number of carbonyl (C=O) groups excluding carboxylic acids is 2. The minimum absolute atomic E-state index is 0.0896. The third-order valence-electron chi connectivity index (χ3n) is 5.13. The van der Waals surface area contributed by atoms with E-state index in [1.165, 1.54) is 12.1 Å². The number of nitrogens with one attached hydrogen (secondary N) is 1. The number of imidazole rings is 1. The molecule has 1 aliphatic rings. The average Bonchev–Trinajstić information content (AvgIpc) is 3.26. The molecule has 0 radical (unpaired) electrons. The average molecular weight is 446 g/mol. The third kappa shape index (κ3) is 7.05. The number of halogens is 1. The lowest BCUT2D eigenvalue weighted by atomic mass is 10.1. The molecule has 0 spiro atoms. The molecule has 2 aromatic rings. The first kappa shape index (κ1) is 23.7. The molecule has 1 fully saturated rings. The van der Waals surface area contributed by atoms with Crippen LogP contribution in [-0.2, 0) is 22.6 Å². The van der Waals surface area contributed by atoms with Crippen LogP contribution in [-0.4, -0.2) is 69.2 Å². The first-order valence-electron chi connectivity index (χ1n) is 10.9. The predicted octanol–water partition coefficient (Wildman–Crippen LogP) is 2.65. The smallest absolute Gasteiger partial charge is 0.410 e. The quantitative estimate of drug-likeness (QED) is 0.709. The van der Waals surface area contributed by atoms with Crippen LogP contribution in [0.4, 0.5) is 9.18 Å².